The third kappa shape index (κ3) is 1.16. The summed E-state index contributed by atoms with van der Waals surface area (Å²) in [6.07, 6.45) is 0. The van der Waals surface area contributed by atoms with Crippen LogP contribution in [0, 0.1) is 5.92 Å². The topological polar surface area (TPSA) is 50.7 Å². The maximum absolute atomic E-state index is 10.7. The van der Waals surface area contributed by atoms with Gasteiger partial charge in [-0.05, 0) is 14.0 Å². The van der Waals surface area contributed by atoms with E-state index in [9.17, 15) is 4.79 Å². The molecule has 0 aliphatic carbocycles. The molecule has 1 atom stereocenters. The maximum atomic E-state index is 10.7. The molecule has 1 heterocycles. The summed E-state index contributed by atoms with van der Waals surface area (Å²) in [4.78, 5) is 15.1. The van der Waals surface area contributed by atoms with Crippen LogP contribution in [0.25, 0.3) is 0 Å². The SMILES string of the molecule is CNCC1=NOC(=O)C1C. The molecule has 0 bridgehead atoms. The van der Waals surface area contributed by atoms with Crippen LogP contribution in [0.3, 0.4) is 0 Å². The minimum Gasteiger partial charge on any atom is -0.318 e. The molecule has 0 saturated heterocycles. The highest BCUT2D eigenvalue weighted by molar-refractivity contribution is 6.05. The Hall–Kier alpha value is -0.900. The van der Waals surface area contributed by atoms with Crippen LogP contribution >= 0.6 is 0 Å². The first-order chi connectivity index (χ1) is 4.75. The lowest BCUT2D eigenvalue weighted by Gasteiger charge is -1.98. The highest BCUT2D eigenvalue weighted by atomic mass is 16.7. The molecule has 1 unspecified atom stereocenters. The molecule has 4 nitrogen and oxygen atoms in total. The lowest BCUT2D eigenvalue weighted by atomic mass is 10.1. The minimum absolute atomic E-state index is 0.174. The molecule has 4 heteroatoms. The second-order valence-electron chi connectivity index (χ2n) is 2.24. The van der Waals surface area contributed by atoms with Crippen LogP contribution in [-0.4, -0.2) is 25.3 Å². The molecule has 0 spiro atoms. The molecular formula is C6H10N2O2. The van der Waals surface area contributed by atoms with Crippen LogP contribution < -0.4 is 5.32 Å². The summed E-state index contributed by atoms with van der Waals surface area (Å²) in [5.41, 5.74) is 0.771. The predicted molar refractivity (Wildman–Crippen MR) is 36.6 cm³/mol. The largest absolute Gasteiger partial charge is 0.343 e. The van der Waals surface area contributed by atoms with Crippen molar-refractivity contribution in [2.24, 2.45) is 11.1 Å². The molecule has 1 aliphatic rings. The van der Waals surface area contributed by atoms with Crippen LogP contribution in [0.5, 0.6) is 0 Å². The zero-order chi connectivity index (χ0) is 7.56. The van der Waals surface area contributed by atoms with Crippen LogP contribution in [-0.2, 0) is 9.63 Å². The van der Waals surface area contributed by atoms with E-state index in [4.69, 9.17) is 0 Å². The first kappa shape index (κ1) is 7.21. The molecule has 0 fully saturated rings. The minimum atomic E-state index is -0.259. The van der Waals surface area contributed by atoms with Crippen LogP contribution in [0.1, 0.15) is 6.92 Å². The molecule has 0 aromatic heterocycles. The van der Waals surface area contributed by atoms with Crippen molar-refractivity contribution in [1.82, 2.24) is 5.32 Å². The molecule has 0 aromatic rings. The molecule has 1 aliphatic heterocycles. The van der Waals surface area contributed by atoms with E-state index in [1.807, 2.05) is 0 Å². The number of hydrogen-bond acceptors (Lipinski definition) is 4. The fourth-order valence-corrected chi connectivity index (χ4v) is 0.764. The van der Waals surface area contributed by atoms with Gasteiger partial charge in [-0.3, -0.25) is 0 Å². The van der Waals surface area contributed by atoms with Gasteiger partial charge in [0.05, 0.1) is 11.6 Å². The molecule has 1 N–H and O–H groups in total. The Labute approximate surface area is 59.2 Å². The number of rotatable bonds is 2. The van der Waals surface area contributed by atoms with Crippen molar-refractivity contribution in [2.45, 2.75) is 6.92 Å². The van der Waals surface area contributed by atoms with Crippen molar-refractivity contribution in [2.75, 3.05) is 13.6 Å². The van der Waals surface area contributed by atoms with Gasteiger partial charge in [-0.15, -0.1) is 0 Å². The van der Waals surface area contributed by atoms with E-state index in [2.05, 4.69) is 15.3 Å². The van der Waals surface area contributed by atoms with Crippen molar-refractivity contribution in [3.8, 4) is 0 Å². The van der Waals surface area contributed by atoms with Crippen molar-refractivity contribution in [3.05, 3.63) is 0 Å². The summed E-state index contributed by atoms with van der Waals surface area (Å²) in [5, 5.41) is 6.49. The van der Waals surface area contributed by atoms with Gasteiger partial charge in [0.1, 0.15) is 0 Å². The average Bonchev–Trinajstić information content (AvgIpc) is 2.20. The number of nitrogens with one attached hydrogen (secondary N) is 1. The average molecular weight is 142 g/mol. The molecule has 0 amide bonds. The van der Waals surface area contributed by atoms with E-state index >= 15 is 0 Å². The van der Waals surface area contributed by atoms with E-state index < -0.39 is 0 Å². The smallest absolute Gasteiger partial charge is 0.318 e. The van der Waals surface area contributed by atoms with Crippen molar-refractivity contribution >= 4 is 11.7 Å². The highest BCUT2D eigenvalue weighted by Gasteiger charge is 2.26. The van der Waals surface area contributed by atoms with Gasteiger partial charge >= 0.3 is 5.97 Å². The van der Waals surface area contributed by atoms with E-state index in [0.29, 0.717) is 6.54 Å². The van der Waals surface area contributed by atoms with Gasteiger partial charge in [-0.2, -0.15) is 0 Å². The number of hydrogen-bond donors (Lipinski definition) is 1. The Kier molecular flexibility index (Phi) is 2.01. The van der Waals surface area contributed by atoms with Crippen LogP contribution in [0.4, 0.5) is 0 Å². The second-order valence-corrected chi connectivity index (χ2v) is 2.24. The first-order valence-electron chi connectivity index (χ1n) is 3.18. The predicted octanol–water partition coefficient (Wildman–Crippen LogP) is -0.245. The summed E-state index contributed by atoms with van der Waals surface area (Å²) in [7, 11) is 1.80. The second kappa shape index (κ2) is 2.79. The quantitative estimate of drug-likeness (QED) is 0.541. The molecule has 10 heavy (non-hydrogen) atoms. The van der Waals surface area contributed by atoms with Gasteiger partial charge in [-0.1, -0.05) is 5.16 Å². The third-order valence-corrected chi connectivity index (χ3v) is 1.46. The van der Waals surface area contributed by atoms with E-state index in [1.54, 1.807) is 14.0 Å². The summed E-state index contributed by atoms with van der Waals surface area (Å²) in [6.45, 7) is 2.40. The Bertz CT molecular complexity index is 177. The Morgan fingerprint density at radius 3 is 2.90 bits per heavy atom. The van der Waals surface area contributed by atoms with Gasteiger partial charge in [0.2, 0.25) is 0 Å². The van der Waals surface area contributed by atoms with E-state index in [-0.39, 0.29) is 11.9 Å². The lowest BCUT2D eigenvalue weighted by molar-refractivity contribution is -0.142. The van der Waals surface area contributed by atoms with Crippen molar-refractivity contribution in [3.63, 3.8) is 0 Å². The molecule has 1 rings (SSSR count). The third-order valence-electron chi connectivity index (χ3n) is 1.46. The van der Waals surface area contributed by atoms with E-state index in [1.165, 1.54) is 0 Å². The Morgan fingerprint density at radius 2 is 2.50 bits per heavy atom. The number of carbonyl (C=O) groups is 1. The monoisotopic (exact) mass is 142 g/mol. The Morgan fingerprint density at radius 1 is 1.80 bits per heavy atom. The van der Waals surface area contributed by atoms with Gasteiger partial charge in [-0.25, -0.2) is 4.79 Å². The van der Waals surface area contributed by atoms with Gasteiger partial charge in [0.25, 0.3) is 0 Å². The van der Waals surface area contributed by atoms with Crippen molar-refractivity contribution in [1.29, 1.82) is 0 Å². The lowest BCUT2D eigenvalue weighted by Crippen LogP contribution is -2.24. The standard InChI is InChI=1S/C6H10N2O2/c1-4-5(3-7-2)8-10-6(4)9/h4,7H,3H2,1-2H3. The normalized spacial score (nSPS) is 24.4. The Balaban J connectivity index is 2.54. The van der Waals surface area contributed by atoms with Gasteiger partial charge < -0.3 is 10.2 Å². The summed E-state index contributed by atoms with van der Waals surface area (Å²) in [6, 6.07) is 0. The van der Waals surface area contributed by atoms with Crippen LogP contribution in [0.2, 0.25) is 0 Å². The first-order valence-corrected chi connectivity index (χ1v) is 3.18. The molecular weight excluding hydrogens is 132 g/mol. The molecule has 0 aromatic carbocycles. The van der Waals surface area contributed by atoms with Crippen molar-refractivity contribution < 1.29 is 9.63 Å². The van der Waals surface area contributed by atoms with Crippen LogP contribution in [0.15, 0.2) is 5.16 Å². The highest BCUT2D eigenvalue weighted by Crippen LogP contribution is 2.09. The number of carbonyl (C=O) groups excluding carboxylic acids is 1. The van der Waals surface area contributed by atoms with Gasteiger partial charge in [0, 0.05) is 6.54 Å². The molecule has 0 saturated carbocycles. The fourth-order valence-electron chi connectivity index (χ4n) is 0.764. The van der Waals surface area contributed by atoms with Gasteiger partial charge in [0.15, 0.2) is 0 Å². The number of oxime groups is 1. The summed E-state index contributed by atoms with van der Waals surface area (Å²) in [5.74, 6) is -0.433. The molecule has 56 valence electrons. The zero-order valence-electron chi connectivity index (χ0n) is 6.05. The molecule has 0 radical (unpaired) electrons. The van der Waals surface area contributed by atoms with E-state index in [0.717, 1.165) is 5.71 Å². The zero-order valence-corrected chi connectivity index (χ0v) is 6.05. The number of nitrogens with zero attached hydrogens (tertiary/aromatic N) is 1. The summed E-state index contributed by atoms with van der Waals surface area (Å²) >= 11 is 0. The summed E-state index contributed by atoms with van der Waals surface area (Å²) < 4.78 is 0. The fraction of sp³-hybridized carbons (Fsp3) is 0.667. The maximum Gasteiger partial charge on any atom is 0.343 e.